The van der Waals surface area contributed by atoms with Crippen LogP contribution in [0.3, 0.4) is 0 Å². The molecule has 0 bridgehead atoms. The molecule has 3 N–H and O–H groups in total. The zero-order valence-electron chi connectivity index (χ0n) is 10.2. The van der Waals surface area contributed by atoms with E-state index in [1.165, 1.54) is 0 Å². The Labute approximate surface area is 97.0 Å². The predicted octanol–water partition coefficient (Wildman–Crippen LogP) is 1.72. The van der Waals surface area contributed by atoms with E-state index in [0.717, 1.165) is 17.5 Å². The molecular weight excluding hydrogens is 200 g/mol. The van der Waals surface area contributed by atoms with Gasteiger partial charge < -0.3 is 11.1 Å². The number of benzene rings is 1. The lowest BCUT2D eigenvalue weighted by Gasteiger charge is -2.21. The highest BCUT2D eigenvalue weighted by atomic mass is 16.1. The van der Waals surface area contributed by atoms with Crippen LogP contribution in [-0.4, -0.2) is 18.0 Å². The Hall–Kier alpha value is -1.35. The van der Waals surface area contributed by atoms with Gasteiger partial charge in [0.15, 0.2) is 0 Å². The van der Waals surface area contributed by atoms with E-state index >= 15 is 0 Å². The van der Waals surface area contributed by atoms with Crippen molar-refractivity contribution < 1.29 is 4.79 Å². The molecule has 0 heterocycles. The minimum absolute atomic E-state index is 0.0310. The molecule has 0 aliphatic carbocycles. The quantitative estimate of drug-likeness (QED) is 0.815. The molecule has 88 valence electrons. The van der Waals surface area contributed by atoms with Gasteiger partial charge in [-0.3, -0.25) is 4.79 Å². The van der Waals surface area contributed by atoms with Gasteiger partial charge in [0, 0.05) is 11.1 Å². The summed E-state index contributed by atoms with van der Waals surface area (Å²) in [6, 6.07) is 7.59. The third kappa shape index (κ3) is 3.66. The standard InChI is InChI=1S/C13H20N2O/c1-13(2,3)15-12(16)11-7-5-4-6-10(11)8-9-14/h4-7H,8-9,14H2,1-3H3,(H,15,16). The van der Waals surface area contributed by atoms with Gasteiger partial charge in [0.25, 0.3) is 5.91 Å². The second-order valence-corrected chi connectivity index (χ2v) is 4.90. The van der Waals surface area contributed by atoms with Gasteiger partial charge in [-0.2, -0.15) is 0 Å². The molecule has 3 nitrogen and oxygen atoms in total. The van der Waals surface area contributed by atoms with Crippen LogP contribution >= 0.6 is 0 Å². The summed E-state index contributed by atoms with van der Waals surface area (Å²) in [6.45, 7) is 6.46. The first-order valence-corrected chi connectivity index (χ1v) is 5.54. The SMILES string of the molecule is CC(C)(C)NC(=O)c1ccccc1CCN. The summed E-state index contributed by atoms with van der Waals surface area (Å²) in [5.74, 6) is -0.0310. The van der Waals surface area contributed by atoms with Crippen LogP contribution in [0.4, 0.5) is 0 Å². The maximum absolute atomic E-state index is 12.0. The highest BCUT2D eigenvalue weighted by Gasteiger charge is 2.16. The van der Waals surface area contributed by atoms with Gasteiger partial charge in [-0.05, 0) is 45.4 Å². The minimum atomic E-state index is -0.215. The number of hydrogen-bond acceptors (Lipinski definition) is 2. The highest BCUT2D eigenvalue weighted by Crippen LogP contribution is 2.11. The average Bonchev–Trinajstić information content (AvgIpc) is 2.16. The number of amides is 1. The number of carbonyl (C=O) groups excluding carboxylic acids is 1. The van der Waals surface area contributed by atoms with Crippen molar-refractivity contribution in [2.75, 3.05) is 6.54 Å². The maximum Gasteiger partial charge on any atom is 0.251 e. The average molecular weight is 220 g/mol. The fourth-order valence-electron chi connectivity index (χ4n) is 1.52. The zero-order chi connectivity index (χ0) is 12.2. The van der Waals surface area contributed by atoms with Crippen LogP contribution in [0.1, 0.15) is 36.7 Å². The molecule has 16 heavy (non-hydrogen) atoms. The first kappa shape index (κ1) is 12.7. The summed E-state index contributed by atoms with van der Waals surface area (Å²) in [5, 5.41) is 2.95. The smallest absolute Gasteiger partial charge is 0.251 e. The number of carbonyl (C=O) groups is 1. The summed E-state index contributed by atoms with van der Waals surface area (Å²) in [6.07, 6.45) is 0.730. The van der Waals surface area contributed by atoms with Crippen molar-refractivity contribution in [2.45, 2.75) is 32.7 Å². The Morgan fingerprint density at radius 2 is 1.94 bits per heavy atom. The molecule has 1 amide bonds. The van der Waals surface area contributed by atoms with E-state index in [0.29, 0.717) is 6.54 Å². The number of rotatable bonds is 3. The van der Waals surface area contributed by atoms with E-state index in [4.69, 9.17) is 5.73 Å². The van der Waals surface area contributed by atoms with E-state index < -0.39 is 0 Å². The van der Waals surface area contributed by atoms with Gasteiger partial charge >= 0.3 is 0 Å². The van der Waals surface area contributed by atoms with Gasteiger partial charge in [-0.15, -0.1) is 0 Å². The molecule has 3 heteroatoms. The van der Waals surface area contributed by atoms with Crippen LogP contribution in [0.15, 0.2) is 24.3 Å². The Kier molecular flexibility index (Phi) is 4.07. The molecule has 0 saturated heterocycles. The molecule has 1 aromatic rings. The molecular formula is C13H20N2O. The molecule has 0 aromatic heterocycles. The molecule has 0 aliphatic rings. The Balaban J connectivity index is 2.90. The molecule has 0 atom stereocenters. The van der Waals surface area contributed by atoms with Crippen molar-refractivity contribution in [1.29, 1.82) is 0 Å². The normalized spacial score (nSPS) is 11.2. The van der Waals surface area contributed by atoms with E-state index in [1.54, 1.807) is 0 Å². The van der Waals surface area contributed by atoms with Crippen LogP contribution in [-0.2, 0) is 6.42 Å². The molecule has 1 aromatic carbocycles. The van der Waals surface area contributed by atoms with Crippen molar-refractivity contribution in [3.63, 3.8) is 0 Å². The maximum atomic E-state index is 12.0. The molecule has 0 fully saturated rings. The Bertz CT molecular complexity index is 366. The number of hydrogen-bond donors (Lipinski definition) is 2. The third-order valence-corrected chi connectivity index (χ3v) is 2.16. The van der Waals surface area contributed by atoms with Gasteiger partial charge in [-0.1, -0.05) is 18.2 Å². The van der Waals surface area contributed by atoms with Crippen molar-refractivity contribution in [1.82, 2.24) is 5.32 Å². The molecule has 1 rings (SSSR count). The Morgan fingerprint density at radius 3 is 2.50 bits per heavy atom. The second-order valence-electron chi connectivity index (χ2n) is 4.90. The van der Waals surface area contributed by atoms with Crippen LogP contribution in [0.5, 0.6) is 0 Å². The molecule has 0 spiro atoms. The number of nitrogens with one attached hydrogen (secondary N) is 1. The molecule has 0 aliphatic heterocycles. The minimum Gasteiger partial charge on any atom is -0.347 e. The summed E-state index contributed by atoms with van der Waals surface area (Å²) in [4.78, 5) is 12.0. The predicted molar refractivity (Wildman–Crippen MR) is 66.4 cm³/mol. The van der Waals surface area contributed by atoms with Crippen LogP contribution in [0.25, 0.3) is 0 Å². The lowest BCUT2D eigenvalue weighted by molar-refractivity contribution is 0.0918. The van der Waals surface area contributed by atoms with Gasteiger partial charge in [0.05, 0.1) is 0 Å². The molecule has 0 saturated carbocycles. The lowest BCUT2D eigenvalue weighted by Crippen LogP contribution is -2.41. The van der Waals surface area contributed by atoms with Crippen molar-refractivity contribution >= 4 is 5.91 Å². The van der Waals surface area contributed by atoms with E-state index in [2.05, 4.69) is 5.32 Å². The first-order chi connectivity index (χ1) is 7.44. The fourth-order valence-corrected chi connectivity index (χ4v) is 1.52. The topological polar surface area (TPSA) is 55.1 Å². The number of nitrogens with two attached hydrogens (primary N) is 1. The zero-order valence-corrected chi connectivity index (χ0v) is 10.2. The van der Waals surface area contributed by atoms with Crippen LogP contribution in [0.2, 0.25) is 0 Å². The van der Waals surface area contributed by atoms with E-state index in [-0.39, 0.29) is 11.4 Å². The summed E-state index contributed by atoms with van der Waals surface area (Å²) in [5.41, 5.74) is 7.04. The Morgan fingerprint density at radius 1 is 1.31 bits per heavy atom. The monoisotopic (exact) mass is 220 g/mol. The lowest BCUT2D eigenvalue weighted by atomic mass is 10.0. The largest absolute Gasteiger partial charge is 0.347 e. The van der Waals surface area contributed by atoms with E-state index in [1.807, 2.05) is 45.0 Å². The van der Waals surface area contributed by atoms with Crippen LogP contribution < -0.4 is 11.1 Å². The first-order valence-electron chi connectivity index (χ1n) is 5.54. The van der Waals surface area contributed by atoms with Gasteiger partial charge in [0.2, 0.25) is 0 Å². The van der Waals surface area contributed by atoms with Gasteiger partial charge in [0.1, 0.15) is 0 Å². The van der Waals surface area contributed by atoms with Crippen molar-refractivity contribution in [3.8, 4) is 0 Å². The molecule has 0 unspecified atom stereocenters. The highest BCUT2D eigenvalue weighted by molar-refractivity contribution is 5.96. The third-order valence-electron chi connectivity index (χ3n) is 2.16. The van der Waals surface area contributed by atoms with Gasteiger partial charge in [-0.25, -0.2) is 0 Å². The fraction of sp³-hybridized carbons (Fsp3) is 0.462. The van der Waals surface area contributed by atoms with Crippen molar-refractivity contribution in [3.05, 3.63) is 35.4 Å². The van der Waals surface area contributed by atoms with E-state index in [9.17, 15) is 4.79 Å². The van der Waals surface area contributed by atoms with Crippen LogP contribution in [0, 0.1) is 0 Å². The van der Waals surface area contributed by atoms with Crippen molar-refractivity contribution in [2.24, 2.45) is 5.73 Å². The summed E-state index contributed by atoms with van der Waals surface area (Å²) >= 11 is 0. The molecule has 0 radical (unpaired) electrons. The second kappa shape index (κ2) is 5.12. The summed E-state index contributed by atoms with van der Waals surface area (Å²) < 4.78 is 0. The summed E-state index contributed by atoms with van der Waals surface area (Å²) in [7, 11) is 0.